The number of nitrogens with zero attached hydrogens (tertiary/aromatic N) is 1. The first-order valence-corrected chi connectivity index (χ1v) is 8.58. The van der Waals surface area contributed by atoms with Crippen LogP contribution in [0.4, 0.5) is 0 Å². The summed E-state index contributed by atoms with van der Waals surface area (Å²) < 4.78 is 0. The second-order valence-corrected chi connectivity index (χ2v) is 6.24. The number of carboxylic acids is 1. The van der Waals surface area contributed by atoms with E-state index in [2.05, 4.69) is 10.3 Å². The molecule has 7 nitrogen and oxygen atoms in total. The van der Waals surface area contributed by atoms with Crippen molar-refractivity contribution >= 4 is 22.8 Å². The Morgan fingerprint density at radius 2 is 2.16 bits per heavy atom. The van der Waals surface area contributed by atoms with Gasteiger partial charge in [0.25, 0.3) is 0 Å². The highest BCUT2D eigenvalue weighted by molar-refractivity contribution is 5.86. The molecule has 0 spiro atoms. The Hall–Kier alpha value is -2.38. The second-order valence-electron chi connectivity index (χ2n) is 6.24. The molecule has 0 aliphatic carbocycles. The molecule has 1 fully saturated rings. The number of aromatic amines is 1. The number of fused-ring (bicyclic) bond motifs is 1. The van der Waals surface area contributed by atoms with E-state index in [1.54, 1.807) is 11.3 Å². The fraction of sp³-hybridized carbons (Fsp3) is 0.444. The van der Waals surface area contributed by atoms with Crippen LogP contribution in [-0.4, -0.2) is 52.8 Å². The predicted molar refractivity (Wildman–Crippen MR) is 92.9 cm³/mol. The van der Waals surface area contributed by atoms with E-state index < -0.39 is 12.0 Å². The van der Waals surface area contributed by atoms with Gasteiger partial charge in [0.2, 0.25) is 5.91 Å². The fourth-order valence-electron chi connectivity index (χ4n) is 3.04. The lowest BCUT2D eigenvalue weighted by Gasteiger charge is -2.25. The summed E-state index contributed by atoms with van der Waals surface area (Å²) in [5.41, 5.74) is 1.83. The van der Waals surface area contributed by atoms with Gasteiger partial charge in [-0.2, -0.15) is 5.06 Å². The Bertz CT molecular complexity index is 737. The van der Waals surface area contributed by atoms with Crippen molar-refractivity contribution in [1.29, 1.82) is 0 Å². The van der Waals surface area contributed by atoms with Crippen LogP contribution in [0.3, 0.4) is 0 Å². The number of carbonyl (C=O) groups excluding carboxylic acids is 1. The number of rotatable bonds is 7. The molecular weight excluding hydrogens is 322 g/mol. The van der Waals surface area contributed by atoms with Crippen molar-refractivity contribution in [1.82, 2.24) is 15.4 Å². The molecule has 1 aliphatic heterocycles. The number of carbonyl (C=O) groups is 2. The van der Waals surface area contributed by atoms with Crippen LogP contribution in [0.25, 0.3) is 10.9 Å². The van der Waals surface area contributed by atoms with Crippen molar-refractivity contribution in [3.8, 4) is 0 Å². The smallest absolute Gasteiger partial charge is 0.326 e. The number of hydrogen-bond acceptors (Lipinski definition) is 4. The number of aromatic nitrogens is 1. The maximum absolute atomic E-state index is 12.1. The SMILES string of the molecule is O=C(CCN1CCCCO1)N[C@@H](Cc1c[nH]c2ccccc12)C(=O)O. The van der Waals surface area contributed by atoms with E-state index >= 15 is 0 Å². The van der Waals surface area contributed by atoms with E-state index in [-0.39, 0.29) is 18.7 Å². The third-order valence-electron chi connectivity index (χ3n) is 4.40. The highest BCUT2D eigenvalue weighted by Gasteiger charge is 2.22. The molecule has 25 heavy (non-hydrogen) atoms. The van der Waals surface area contributed by atoms with Gasteiger partial charge in [-0.1, -0.05) is 18.2 Å². The quantitative estimate of drug-likeness (QED) is 0.710. The van der Waals surface area contributed by atoms with Crippen LogP contribution in [0, 0.1) is 0 Å². The number of H-pyrrole nitrogens is 1. The summed E-state index contributed by atoms with van der Waals surface area (Å²) in [6, 6.07) is 6.75. The first-order chi connectivity index (χ1) is 12.1. The number of aliphatic carboxylic acids is 1. The lowest BCUT2D eigenvalue weighted by Crippen LogP contribution is -2.43. The molecule has 0 bridgehead atoms. The monoisotopic (exact) mass is 345 g/mol. The average Bonchev–Trinajstić information content (AvgIpc) is 3.03. The minimum atomic E-state index is -1.03. The summed E-state index contributed by atoms with van der Waals surface area (Å²) in [6.07, 6.45) is 4.35. The number of benzene rings is 1. The number of amides is 1. The molecule has 2 heterocycles. The van der Waals surface area contributed by atoms with Crippen molar-refractivity contribution in [2.24, 2.45) is 0 Å². The third kappa shape index (κ3) is 4.58. The number of nitrogens with one attached hydrogen (secondary N) is 2. The summed E-state index contributed by atoms with van der Waals surface area (Å²) in [5.74, 6) is -1.31. The number of carboxylic acid groups (broad SMARTS) is 1. The van der Waals surface area contributed by atoms with Crippen LogP contribution in [0.1, 0.15) is 24.8 Å². The lowest BCUT2D eigenvalue weighted by molar-refractivity contribution is -0.181. The van der Waals surface area contributed by atoms with Crippen LogP contribution in [-0.2, 0) is 20.8 Å². The third-order valence-corrected chi connectivity index (χ3v) is 4.40. The van der Waals surface area contributed by atoms with Crippen molar-refractivity contribution in [3.05, 3.63) is 36.0 Å². The Morgan fingerprint density at radius 1 is 1.32 bits per heavy atom. The molecule has 7 heteroatoms. The molecule has 1 aromatic carbocycles. The van der Waals surface area contributed by atoms with E-state index in [4.69, 9.17) is 4.84 Å². The van der Waals surface area contributed by atoms with Gasteiger partial charge >= 0.3 is 5.97 Å². The number of hydroxylamine groups is 2. The van der Waals surface area contributed by atoms with Crippen LogP contribution >= 0.6 is 0 Å². The number of hydrogen-bond donors (Lipinski definition) is 3. The van der Waals surface area contributed by atoms with Crippen molar-refractivity contribution < 1.29 is 19.5 Å². The molecule has 0 saturated carbocycles. The minimum Gasteiger partial charge on any atom is -0.480 e. The molecule has 3 rings (SSSR count). The summed E-state index contributed by atoms with van der Waals surface area (Å²) in [5, 5.41) is 14.8. The van der Waals surface area contributed by atoms with Gasteiger partial charge in [-0.15, -0.1) is 0 Å². The summed E-state index contributed by atoms with van der Waals surface area (Å²) in [7, 11) is 0. The molecule has 2 aromatic rings. The van der Waals surface area contributed by atoms with Gasteiger partial charge < -0.3 is 15.4 Å². The van der Waals surface area contributed by atoms with Crippen LogP contribution in [0.15, 0.2) is 30.5 Å². The average molecular weight is 345 g/mol. The van der Waals surface area contributed by atoms with Crippen molar-refractivity contribution in [3.63, 3.8) is 0 Å². The molecule has 1 amide bonds. The normalized spacial score (nSPS) is 16.6. The van der Waals surface area contributed by atoms with Gasteiger partial charge in [-0.25, -0.2) is 4.79 Å². The van der Waals surface area contributed by atoms with Crippen LogP contribution < -0.4 is 5.32 Å². The van der Waals surface area contributed by atoms with Gasteiger partial charge in [-0.3, -0.25) is 9.63 Å². The van der Waals surface area contributed by atoms with Gasteiger partial charge in [0.05, 0.1) is 6.61 Å². The maximum Gasteiger partial charge on any atom is 0.326 e. The lowest BCUT2D eigenvalue weighted by atomic mass is 10.0. The van der Waals surface area contributed by atoms with Crippen molar-refractivity contribution in [2.45, 2.75) is 31.7 Å². The summed E-state index contributed by atoms with van der Waals surface area (Å²) >= 11 is 0. The standard InChI is InChI=1S/C18H23N3O4/c22-17(7-9-21-8-3-4-10-25-21)20-16(18(23)24)11-13-12-19-15-6-2-1-5-14(13)15/h1-2,5-6,12,16,19H,3-4,7-11H2,(H,20,22)(H,23,24)/t16-/m0/s1. The first-order valence-electron chi connectivity index (χ1n) is 8.58. The van der Waals surface area contributed by atoms with E-state index in [1.807, 2.05) is 24.3 Å². The van der Waals surface area contributed by atoms with Crippen LogP contribution in [0.5, 0.6) is 0 Å². The maximum atomic E-state index is 12.1. The molecule has 1 saturated heterocycles. The molecule has 3 N–H and O–H groups in total. The fourth-order valence-corrected chi connectivity index (χ4v) is 3.04. The van der Waals surface area contributed by atoms with Gasteiger partial charge in [-0.05, 0) is 24.5 Å². The Balaban J connectivity index is 1.57. The van der Waals surface area contributed by atoms with Crippen molar-refractivity contribution in [2.75, 3.05) is 19.7 Å². The van der Waals surface area contributed by atoms with Gasteiger partial charge in [0.15, 0.2) is 0 Å². The first kappa shape index (κ1) is 17.4. The van der Waals surface area contributed by atoms with E-state index in [1.165, 1.54) is 0 Å². The summed E-state index contributed by atoms with van der Waals surface area (Å²) in [6.45, 7) is 1.97. The zero-order valence-electron chi connectivity index (χ0n) is 14.0. The minimum absolute atomic E-state index is 0.220. The molecular formula is C18H23N3O4. The molecule has 1 atom stereocenters. The second kappa shape index (κ2) is 8.13. The zero-order chi connectivity index (χ0) is 17.6. The van der Waals surface area contributed by atoms with Gasteiger partial charge in [0.1, 0.15) is 6.04 Å². The van der Waals surface area contributed by atoms with E-state index in [9.17, 15) is 14.7 Å². The Kier molecular flexibility index (Phi) is 5.67. The topological polar surface area (TPSA) is 94.7 Å². The summed E-state index contributed by atoms with van der Waals surface area (Å²) in [4.78, 5) is 32.2. The van der Waals surface area contributed by atoms with E-state index in [0.717, 1.165) is 35.9 Å². The molecule has 134 valence electrons. The molecule has 1 aromatic heterocycles. The molecule has 0 unspecified atom stereocenters. The predicted octanol–water partition coefficient (Wildman–Crippen LogP) is 1.70. The van der Waals surface area contributed by atoms with Crippen LogP contribution in [0.2, 0.25) is 0 Å². The highest BCUT2D eigenvalue weighted by atomic mass is 16.7. The highest BCUT2D eigenvalue weighted by Crippen LogP contribution is 2.19. The van der Waals surface area contributed by atoms with Gasteiger partial charge in [0, 0.05) is 43.0 Å². The van der Waals surface area contributed by atoms with E-state index in [0.29, 0.717) is 13.2 Å². The molecule has 0 radical (unpaired) electrons. The Labute approximate surface area is 145 Å². The molecule has 1 aliphatic rings. The Morgan fingerprint density at radius 3 is 2.92 bits per heavy atom. The number of para-hydroxylation sites is 1. The zero-order valence-corrected chi connectivity index (χ0v) is 14.0. The largest absolute Gasteiger partial charge is 0.480 e.